The second kappa shape index (κ2) is 14.5. The number of anilines is 1. The first-order valence-electron chi connectivity index (χ1n) is 16.4. The third kappa shape index (κ3) is 7.24. The number of Topliss-reactive ketones (excluding diaryl/α,β-unsaturated/α-hetero) is 1. The molecule has 2 aliphatic rings. The van der Waals surface area contributed by atoms with Crippen molar-refractivity contribution < 1.29 is 24.0 Å². The van der Waals surface area contributed by atoms with Crippen molar-refractivity contribution >= 4 is 46.1 Å². The third-order valence-corrected chi connectivity index (χ3v) is 8.88. The number of rotatable bonds is 3. The van der Waals surface area contributed by atoms with Crippen molar-refractivity contribution in [2.75, 3.05) is 38.0 Å². The Balaban J connectivity index is 1.20. The minimum atomic E-state index is -0.873. The van der Waals surface area contributed by atoms with Crippen LogP contribution in [0.3, 0.4) is 0 Å². The van der Waals surface area contributed by atoms with E-state index in [0.29, 0.717) is 61.4 Å². The van der Waals surface area contributed by atoms with E-state index in [1.54, 1.807) is 25.1 Å². The summed E-state index contributed by atoms with van der Waals surface area (Å²) >= 11 is 0. The predicted octanol–water partition coefficient (Wildman–Crippen LogP) is 2.64. The largest absolute Gasteiger partial charge is 0.368 e. The first-order chi connectivity index (χ1) is 23.3. The fraction of sp³-hybridized carbons (Fsp3) is 0.371. The summed E-state index contributed by atoms with van der Waals surface area (Å²) in [5.41, 5.74) is 4.28. The Bertz CT molecular complexity index is 1860. The van der Waals surface area contributed by atoms with Gasteiger partial charge in [0, 0.05) is 67.4 Å². The molecule has 6 rings (SSSR count). The Labute approximate surface area is 277 Å². The second-order valence-corrected chi connectivity index (χ2v) is 12.3. The number of para-hydroxylation sites is 1. The minimum absolute atomic E-state index is 0.0276. The van der Waals surface area contributed by atoms with Gasteiger partial charge in [-0.3, -0.25) is 24.0 Å². The van der Waals surface area contributed by atoms with Gasteiger partial charge in [-0.25, -0.2) is 4.98 Å². The van der Waals surface area contributed by atoms with E-state index in [9.17, 15) is 24.0 Å². The van der Waals surface area contributed by atoms with E-state index in [4.69, 9.17) is 0 Å². The lowest BCUT2D eigenvalue weighted by Gasteiger charge is -2.22. The van der Waals surface area contributed by atoms with Gasteiger partial charge >= 0.3 is 0 Å². The number of benzene rings is 1. The molecule has 13 nitrogen and oxygen atoms in total. The van der Waals surface area contributed by atoms with E-state index in [2.05, 4.69) is 36.2 Å². The highest BCUT2D eigenvalue weighted by Crippen LogP contribution is 2.27. The molecule has 4 heterocycles. The zero-order valence-electron chi connectivity index (χ0n) is 26.9. The maximum atomic E-state index is 13.8. The van der Waals surface area contributed by atoms with Gasteiger partial charge in [-0.2, -0.15) is 0 Å². The van der Waals surface area contributed by atoms with Crippen LogP contribution in [0.4, 0.5) is 5.82 Å². The number of hydrogen-bond donors (Lipinski definition) is 6. The van der Waals surface area contributed by atoms with Crippen molar-refractivity contribution in [3.63, 3.8) is 0 Å². The van der Waals surface area contributed by atoms with Crippen LogP contribution in [0, 0.1) is 6.92 Å². The molecule has 1 aromatic carbocycles. The van der Waals surface area contributed by atoms with Crippen molar-refractivity contribution in [2.24, 2.45) is 0 Å². The number of hydrogen-bond acceptors (Lipinski definition) is 7. The van der Waals surface area contributed by atoms with E-state index in [0.717, 1.165) is 28.6 Å². The van der Waals surface area contributed by atoms with Gasteiger partial charge < -0.3 is 36.1 Å². The Hall–Kier alpha value is -5.46. The average molecular weight is 653 g/mol. The summed E-state index contributed by atoms with van der Waals surface area (Å²) in [7, 11) is 0. The number of pyridine rings is 1. The SMILES string of the molecule is Cc1c(C(=O)N2CCCCNC(=O)[C@H](Cc3c[nH]c4ccccc34)NC(=O)c3cccc(n3)NCCNC(=O)C2)[nH]c2c1C(=O)CCC2. The summed E-state index contributed by atoms with van der Waals surface area (Å²) < 4.78 is 0. The Morgan fingerprint density at radius 3 is 2.60 bits per heavy atom. The van der Waals surface area contributed by atoms with Crippen molar-refractivity contribution in [2.45, 2.75) is 51.5 Å². The maximum absolute atomic E-state index is 13.8. The maximum Gasteiger partial charge on any atom is 0.271 e. The van der Waals surface area contributed by atoms with E-state index >= 15 is 0 Å². The van der Waals surface area contributed by atoms with Gasteiger partial charge in [0.2, 0.25) is 11.8 Å². The zero-order chi connectivity index (χ0) is 33.6. The smallest absolute Gasteiger partial charge is 0.271 e. The highest BCUT2D eigenvalue weighted by atomic mass is 16.2. The number of aromatic nitrogens is 3. The molecule has 1 atom stereocenters. The lowest BCUT2D eigenvalue weighted by molar-refractivity contribution is -0.123. The fourth-order valence-electron chi connectivity index (χ4n) is 6.40. The Morgan fingerprint density at radius 1 is 0.917 bits per heavy atom. The molecule has 250 valence electrons. The van der Waals surface area contributed by atoms with Crippen LogP contribution in [0.2, 0.25) is 0 Å². The average Bonchev–Trinajstić information content (AvgIpc) is 3.66. The van der Waals surface area contributed by atoms with Crippen LogP contribution >= 0.6 is 0 Å². The zero-order valence-corrected chi connectivity index (χ0v) is 26.9. The number of aryl methyl sites for hydroxylation is 1. The van der Waals surface area contributed by atoms with Gasteiger partial charge in [-0.15, -0.1) is 0 Å². The molecule has 0 saturated heterocycles. The van der Waals surface area contributed by atoms with E-state index in [1.807, 2.05) is 30.5 Å². The summed E-state index contributed by atoms with van der Waals surface area (Å²) in [6, 6.07) is 11.9. The molecule has 0 saturated carbocycles. The Kier molecular flexibility index (Phi) is 9.83. The van der Waals surface area contributed by atoms with Gasteiger partial charge in [0.15, 0.2) is 5.78 Å². The second-order valence-electron chi connectivity index (χ2n) is 12.3. The molecule has 0 unspecified atom stereocenters. The van der Waals surface area contributed by atoms with Gasteiger partial charge in [-0.05, 0) is 61.9 Å². The summed E-state index contributed by atoms with van der Waals surface area (Å²) in [5.74, 6) is -1.04. The van der Waals surface area contributed by atoms with E-state index in [1.165, 1.54) is 4.90 Å². The normalized spacial score (nSPS) is 18.4. The number of nitrogens with one attached hydrogen (secondary N) is 6. The number of carbonyl (C=O) groups is 5. The molecule has 13 heteroatoms. The molecule has 1 aliphatic heterocycles. The van der Waals surface area contributed by atoms with Crippen LogP contribution in [-0.2, 0) is 22.4 Å². The molecule has 4 aromatic rings. The molecule has 1 aliphatic carbocycles. The number of ketones is 1. The van der Waals surface area contributed by atoms with Gasteiger partial charge in [0.25, 0.3) is 11.8 Å². The van der Waals surface area contributed by atoms with Crippen LogP contribution in [0.15, 0.2) is 48.7 Å². The molecular weight excluding hydrogens is 612 g/mol. The summed E-state index contributed by atoms with van der Waals surface area (Å²) in [5, 5.41) is 12.7. The van der Waals surface area contributed by atoms with Crippen LogP contribution in [0.5, 0.6) is 0 Å². The predicted molar refractivity (Wildman–Crippen MR) is 180 cm³/mol. The van der Waals surface area contributed by atoms with Gasteiger partial charge in [0.05, 0.1) is 6.54 Å². The van der Waals surface area contributed by atoms with Crippen LogP contribution in [0.25, 0.3) is 10.9 Å². The number of fused-ring (bicyclic) bond motifs is 4. The van der Waals surface area contributed by atoms with Crippen molar-refractivity contribution in [1.82, 2.24) is 35.8 Å². The highest BCUT2D eigenvalue weighted by molar-refractivity contribution is 6.05. The molecule has 0 radical (unpaired) electrons. The quantitative estimate of drug-likeness (QED) is 0.197. The number of nitrogens with zero attached hydrogens (tertiary/aromatic N) is 2. The molecule has 3 aromatic heterocycles. The van der Waals surface area contributed by atoms with Crippen LogP contribution in [-0.4, -0.2) is 88.0 Å². The van der Waals surface area contributed by atoms with Crippen LogP contribution in [0.1, 0.15) is 73.8 Å². The van der Waals surface area contributed by atoms with Crippen molar-refractivity contribution in [3.8, 4) is 0 Å². The molecular formula is C35H40N8O5. The lowest BCUT2D eigenvalue weighted by atomic mass is 9.94. The standard InChI is InChI=1S/C35H40N8O5/c1-21-31-25(10-6-12-28(31)44)41-32(21)35(48)43-17-5-4-14-38-33(46)27(18-22-19-39-24-9-3-2-8-23(22)24)42-34(47)26-11-7-13-29(40-26)36-15-16-37-30(45)20-43/h2-3,7-9,11,13,19,27,39,41H,4-6,10,12,14-18,20H2,1H3,(H,36,40)(H,37,45)(H,38,46)(H,42,47)/t27-/m0/s1. The number of H-pyrrole nitrogens is 2. The van der Waals surface area contributed by atoms with Crippen LogP contribution < -0.4 is 21.3 Å². The molecule has 2 bridgehead atoms. The van der Waals surface area contributed by atoms with Gasteiger partial charge in [-0.1, -0.05) is 24.3 Å². The van der Waals surface area contributed by atoms with E-state index < -0.39 is 11.9 Å². The number of amides is 4. The molecule has 0 spiro atoms. The fourth-order valence-corrected chi connectivity index (χ4v) is 6.40. The summed E-state index contributed by atoms with van der Waals surface area (Å²) in [6.07, 6.45) is 5.03. The van der Waals surface area contributed by atoms with Gasteiger partial charge in [0.1, 0.15) is 23.2 Å². The lowest BCUT2D eigenvalue weighted by Crippen LogP contribution is -2.48. The number of aromatic amines is 2. The number of carbonyl (C=O) groups excluding carboxylic acids is 5. The highest BCUT2D eigenvalue weighted by Gasteiger charge is 2.29. The topological polar surface area (TPSA) is 181 Å². The monoisotopic (exact) mass is 652 g/mol. The van der Waals surface area contributed by atoms with E-state index in [-0.39, 0.29) is 55.3 Å². The minimum Gasteiger partial charge on any atom is -0.368 e. The first-order valence-corrected chi connectivity index (χ1v) is 16.4. The first kappa shape index (κ1) is 32.5. The third-order valence-electron chi connectivity index (χ3n) is 8.88. The molecule has 6 N–H and O–H groups in total. The van der Waals surface area contributed by atoms with Crippen molar-refractivity contribution in [1.29, 1.82) is 0 Å². The Morgan fingerprint density at radius 2 is 1.75 bits per heavy atom. The summed E-state index contributed by atoms with van der Waals surface area (Å²) in [6.45, 7) is 2.76. The molecule has 0 fully saturated rings. The molecule has 4 amide bonds. The van der Waals surface area contributed by atoms with Crippen molar-refractivity contribution in [3.05, 3.63) is 82.4 Å². The summed E-state index contributed by atoms with van der Waals surface area (Å²) in [4.78, 5) is 78.5. The molecule has 48 heavy (non-hydrogen) atoms.